The zero-order valence-corrected chi connectivity index (χ0v) is 17.3. The van der Waals surface area contributed by atoms with Gasteiger partial charge < -0.3 is 14.5 Å². The number of piperidine rings is 1. The number of hydrogen-bond donors (Lipinski definition) is 0. The number of anilines is 1. The molecule has 2 aromatic heterocycles. The SMILES string of the molecule is Cc1sc2ncnc(N3CCC(C(=O)OCC(=O)N4CCCC4)CC3)c2c1C. The molecule has 0 bridgehead atoms. The Morgan fingerprint density at radius 1 is 1.14 bits per heavy atom. The van der Waals surface area contributed by atoms with Crippen LogP contribution < -0.4 is 4.90 Å². The van der Waals surface area contributed by atoms with Gasteiger partial charge in [0.15, 0.2) is 6.61 Å². The van der Waals surface area contributed by atoms with Crippen LogP contribution in [0.25, 0.3) is 10.2 Å². The highest BCUT2D eigenvalue weighted by atomic mass is 32.1. The first kappa shape index (κ1) is 19.1. The molecule has 0 aliphatic carbocycles. The molecular weight excluding hydrogens is 376 g/mol. The van der Waals surface area contributed by atoms with E-state index in [0.717, 1.165) is 55.1 Å². The van der Waals surface area contributed by atoms with Crippen LogP contribution in [0.15, 0.2) is 6.33 Å². The summed E-state index contributed by atoms with van der Waals surface area (Å²) in [6.45, 7) is 7.16. The Kier molecular flexibility index (Phi) is 5.48. The second kappa shape index (κ2) is 8.03. The van der Waals surface area contributed by atoms with Gasteiger partial charge in [0.1, 0.15) is 17.0 Å². The predicted molar refractivity (Wildman–Crippen MR) is 109 cm³/mol. The molecule has 4 rings (SSSR count). The fraction of sp³-hybridized carbons (Fsp3) is 0.600. The molecule has 8 heteroatoms. The van der Waals surface area contributed by atoms with Crippen molar-refractivity contribution in [2.24, 2.45) is 5.92 Å². The topological polar surface area (TPSA) is 75.6 Å². The summed E-state index contributed by atoms with van der Waals surface area (Å²) in [6, 6.07) is 0. The molecule has 7 nitrogen and oxygen atoms in total. The minimum Gasteiger partial charge on any atom is -0.455 e. The highest BCUT2D eigenvalue weighted by molar-refractivity contribution is 7.18. The van der Waals surface area contributed by atoms with Gasteiger partial charge in [-0.2, -0.15) is 0 Å². The molecule has 0 unspecified atom stereocenters. The average molecular weight is 403 g/mol. The van der Waals surface area contributed by atoms with Gasteiger partial charge in [0.2, 0.25) is 0 Å². The molecule has 2 aliphatic rings. The number of amides is 1. The number of fused-ring (bicyclic) bond motifs is 1. The van der Waals surface area contributed by atoms with E-state index in [0.29, 0.717) is 12.8 Å². The van der Waals surface area contributed by atoms with Crippen LogP contribution >= 0.6 is 11.3 Å². The fourth-order valence-corrected chi connectivity index (χ4v) is 5.03. The van der Waals surface area contributed by atoms with Crippen molar-refractivity contribution in [3.8, 4) is 0 Å². The van der Waals surface area contributed by atoms with Crippen LogP contribution in [0.2, 0.25) is 0 Å². The van der Waals surface area contributed by atoms with Gasteiger partial charge in [-0.1, -0.05) is 0 Å². The maximum atomic E-state index is 12.4. The van der Waals surface area contributed by atoms with Crippen LogP contribution in [-0.2, 0) is 14.3 Å². The largest absolute Gasteiger partial charge is 0.455 e. The lowest BCUT2D eigenvalue weighted by Gasteiger charge is -2.32. The lowest BCUT2D eigenvalue weighted by Crippen LogP contribution is -2.38. The molecule has 2 aliphatic heterocycles. The zero-order valence-electron chi connectivity index (χ0n) is 16.4. The van der Waals surface area contributed by atoms with Gasteiger partial charge in [-0.25, -0.2) is 9.97 Å². The van der Waals surface area contributed by atoms with Crippen molar-refractivity contribution < 1.29 is 14.3 Å². The number of ether oxygens (including phenoxy) is 1. The van der Waals surface area contributed by atoms with Crippen molar-refractivity contribution in [3.05, 3.63) is 16.8 Å². The number of likely N-dealkylation sites (tertiary alicyclic amines) is 1. The molecule has 2 fully saturated rings. The van der Waals surface area contributed by atoms with Crippen molar-refractivity contribution in [1.82, 2.24) is 14.9 Å². The average Bonchev–Trinajstić information content (AvgIpc) is 3.35. The van der Waals surface area contributed by atoms with E-state index in [1.807, 2.05) is 0 Å². The number of nitrogens with zero attached hydrogens (tertiary/aromatic N) is 4. The van der Waals surface area contributed by atoms with Gasteiger partial charge in [0, 0.05) is 31.1 Å². The number of aromatic nitrogens is 2. The molecule has 150 valence electrons. The summed E-state index contributed by atoms with van der Waals surface area (Å²) < 4.78 is 5.32. The molecule has 2 aromatic rings. The second-order valence-electron chi connectivity index (χ2n) is 7.62. The number of carbonyl (C=O) groups is 2. The lowest BCUT2D eigenvalue weighted by atomic mass is 9.97. The van der Waals surface area contributed by atoms with Crippen molar-refractivity contribution in [2.45, 2.75) is 39.5 Å². The predicted octanol–water partition coefficient (Wildman–Crippen LogP) is 2.69. The summed E-state index contributed by atoms with van der Waals surface area (Å²) in [6.07, 6.45) is 5.13. The number of aryl methyl sites for hydroxylation is 2. The van der Waals surface area contributed by atoms with E-state index in [2.05, 4.69) is 28.7 Å². The summed E-state index contributed by atoms with van der Waals surface area (Å²) in [5, 5.41) is 1.13. The number of hydrogen-bond acceptors (Lipinski definition) is 7. The molecule has 0 radical (unpaired) electrons. The Morgan fingerprint density at radius 3 is 2.57 bits per heavy atom. The van der Waals surface area contributed by atoms with Crippen LogP contribution in [0.5, 0.6) is 0 Å². The monoisotopic (exact) mass is 402 g/mol. The van der Waals surface area contributed by atoms with Crippen molar-refractivity contribution in [3.63, 3.8) is 0 Å². The van der Waals surface area contributed by atoms with Crippen molar-refractivity contribution >= 4 is 39.2 Å². The molecule has 4 heterocycles. The molecule has 0 saturated carbocycles. The number of thiophene rings is 1. The third-order valence-electron chi connectivity index (χ3n) is 5.87. The first-order chi connectivity index (χ1) is 13.5. The van der Waals surface area contributed by atoms with E-state index in [4.69, 9.17) is 4.74 Å². The summed E-state index contributed by atoms with van der Waals surface area (Å²) in [7, 11) is 0. The van der Waals surface area contributed by atoms with Crippen LogP contribution in [-0.4, -0.2) is 59.5 Å². The van der Waals surface area contributed by atoms with E-state index in [-0.39, 0.29) is 24.4 Å². The number of esters is 1. The smallest absolute Gasteiger partial charge is 0.309 e. The Balaban J connectivity index is 1.34. The molecule has 1 amide bonds. The van der Waals surface area contributed by atoms with E-state index in [1.54, 1.807) is 22.6 Å². The molecule has 0 spiro atoms. The summed E-state index contributed by atoms with van der Waals surface area (Å²) in [5.41, 5.74) is 1.23. The zero-order chi connectivity index (χ0) is 19.7. The van der Waals surface area contributed by atoms with Crippen LogP contribution in [0.1, 0.15) is 36.1 Å². The quantitative estimate of drug-likeness (QED) is 0.732. The molecular formula is C20H26N4O3S. The van der Waals surface area contributed by atoms with E-state index < -0.39 is 0 Å². The van der Waals surface area contributed by atoms with Crippen molar-refractivity contribution in [2.75, 3.05) is 37.7 Å². The third kappa shape index (κ3) is 3.70. The summed E-state index contributed by atoms with van der Waals surface area (Å²) >= 11 is 1.69. The summed E-state index contributed by atoms with van der Waals surface area (Å²) in [5.74, 6) is 0.491. The molecule has 0 atom stereocenters. The minimum atomic E-state index is -0.248. The van der Waals surface area contributed by atoms with Gasteiger partial charge in [-0.3, -0.25) is 9.59 Å². The maximum Gasteiger partial charge on any atom is 0.309 e. The molecule has 2 saturated heterocycles. The third-order valence-corrected chi connectivity index (χ3v) is 6.99. The fourth-order valence-electron chi connectivity index (χ4n) is 4.04. The number of rotatable bonds is 4. The summed E-state index contributed by atoms with van der Waals surface area (Å²) in [4.78, 5) is 39.7. The van der Waals surface area contributed by atoms with Gasteiger partial charge in [-0.05, 0) is 45.1 Å². The van der Waals surface area contributed by atoms with Gasteiger partial charge in [0.25, 0.3) is 5.91 Å². The van der Waals surface area contributed by atoms with Crippen LogP contribution in [0.3, 0.4) is 0 Å². The van der Waals surface area contributed by atoms with Crippen molar-refractivity contribution in [1.29, 1.82) is 0 Å². The molecule has 0 aromatic carbocycles. The maximum absolute atomic E-state index is 12.4. The highest BCUT2D eigenvalue weighted by Gasteiger charge is 2.29. The first-order valence-electron chi connectivity index (χ1n) is 9.94. The van der Waals surface area contributed by atoms with Gasteiger partial charge in [0.05, 0.1) is 11.3 Å². The normalized spacial score (nSPS) is 18.1. The number of carbonyl (C=O) groups excluding carboxylic acids is 2. The van der Waals surface area contributed by atoms with E-state index in [9.17, 15) is 9.59 Å². The Labute approximate surface area is 168 Å². The Morgan fingerprint density at radius 2 is 1.86 bits per heavy atom. The Hall–Kier alpha value is -2.22. The lowest BCUT2D eigenvalue weighted by molar-refractivity contribution is -0.155. The molecule has 28 heavy (non-hydrogen) atoms. The Bertz CT molecular complexity index is 883. The van der Waals surface area contributed by atoms with E-state index >= 15 is 0 Å². The van der Waals surface area contributed by atoms with Crippen LogP contribution in [0.4, 0.5) is 5.82 Å². The van der Waals surface area contributed by atoms with Crippen LogP contribution in [0, 0.1) is 19.8 Å². The van der Waals surface area contributed by atoms with Gasteiger partial charge in [-0.15, -0.1) is 11.3 Å². The minimum absolute atomic E-state index is 0.0741. The standard InChI is InChI=1S/C20H26N4O3S/c1-13-14(2)28-19-17(13)18(21-12-22-19)24-9-5-15(6-10-24)20(26)27-11-16(25)23-7-3-4-8-23/h12,15H,3-11H2,1-2H3. The van der Waals surface area contributed by atoms with E-state index in [1.165, 1.54) is 10.4 Å². The first-order valence-corrected chi connectivity index (χ1v) is 10.8. The second-order valence-corrected chi connectivity index (χ2v) is 8.82. The highest BCUT2D eigenvalue weighted by Crippen LogP contribution is 2.35. The molecule has 0 N–H and O–H groups in total. The van der Waals surface area contributed by atoms with Gasteiger partial charge >= 0.3 is 5.97 Å².